The number of nitro groups is 1. The van der Waals surface area contributed by atoms with Crippen LogP contribution in [0, 0.1) is 10.1 Å². The molecule has 0 unspecified atom stereocenters. The molecule has 0 radical (unpaired) electrons. The first-order valence-corrected chi connectivity index (χ1v) is 11.1. The molecule has 1 saturated heterocycles. The monoisotopic (exact) mass is 413 g/mol. The lowest BCUT2D eigenvalue weighted by atomic mass is 9.88. The molecule has 29 heavy (non-hydrogen) atoms. The molecule has 0 bridgehead atoms. The van der Waals surface area contributed by atoms with E-state index in [0.29, 0.717) is 0 Å². The normalized spacial score (nSPS) is 22.0. The number of fused-ring (bicyclic) bond motifs is 1. The Bertz CT molecular complexity index is 1040. The van der Waals surface area contributed by atoms with E-state index < -0.39 is 14.9 Å². The minimum absolute atomic E-state index is 0.0507. The van der Waals surface area contributed by atoms with E-state index in [1.165, 1.54) is 28.6 Å². The van der Waals surface area contributed by atoms with E-state index in [-0.39, 0.29) is 22.7 Å². The summed E-state index contributed by atoms with van der Waals surface area (Å²) in [5, 5.41) is 10.9. The van der Waals surface area contributed by atoms with Gasteiger partial charge in [0.25, 0.3) is 5.69 Å². The van der Waals surface area contributed by atoms with Crippen molar-refractivity contribution >= 4 is 21.8 Å². The molecule has 0 N–H and O–H groups in total. The minimum Gasteiger partial charge on any atom is -0.295 e. The molecule has 0 saturated carbocycles. The quantitative estimate of drug-likeness (QED) is 0.554. The molecule has 1 aliphatic carbocycles. The number of nitrogens with zero attached hydrogens (tertiary/aromatic N) is 3. The molecule has 4 rings (SSSR count). The molecule has 2 aliphatic rings. The first kappa shape index (κ1) is 19.8. The van der Waals surface area contributed by atoms with Crippen LogP contribution in [0.4, 0.5) is 5.69 Å². The predicted molar refractivity (Wildman–Crippen MR) is 111 cm³/mol. The number of rotatable bonds is 5. The van der Waals surface area contributed by atoms with Gasteiger partial charge in [-0.15, -0.1) is 0 Å². The van der Waals surface area contributed by atoms with Crippen LogP contribution in [0.25, 0.3) is 6.08 Å². The number of likely N-dealkylation sites (N-methyl/N-ethyl adjacent to an activating group) is 1. The summed E-state index contributed by atoms with van der Waals surface area (Å²) in [6.07, 6.45) is 6.39. The van der Waals surface area contributed by atoms with E-state index in [2.05, 4.69) is 17.1 Å². The maximum absolute atomic E-state index is 13.4. The largest absolute Gasteiger partial charge is 0.295 e. The molecule has 0 aromatic heterocycles. The maximum Gasteiger partial charge on any atom is 0.269 e. The highest BCUT2D eigenvalue weighted by Crippen LogP contribution is 2.38. The zero-order valence-electron chi connectivity index (χ0n) is 16.1. The van der Waals surface area contributed by atoms with Crippen LogP contribution in [-0.2, 0) is 10.0 Å². The van der Waals surface area contributed by atoms with Crippen molar-refractivity contribution in [2.24, 2.45) is 0 Å². The molecule has 7 nitrogen and oxygen atoms in total. The Morgan fingerprint density at radius 2 is 1.72 bits per heavy atom. The maximum atomic E-state index is 13.4. The van der Waals surface area contributed by atoms with Gasteiger partial charge in [-0.05, 0) is 49.2 Å². The third-order valence-electron chi connectivity index (χ3n) is 5.79. The molecule has 1 aliphatic heterocycles. The summed E-state index contributed by atoms with van der Waals surface area (Å²) in [6.45, 7) is 1.89. The summed E-state index contributed by atoms with van der Waals surface area (Å²) >= 11 is 0. The van der Waals surface area contributed by atoms with Crippen LogP contribution >= 0.6 is 0 Å². The molecule has 8 heteroatoms. The lowest BCUT2D eigenvalue weighted by molar-refractivity contribution is -0.384. The molecule has 152 valence electrons. The number of likely N-dealkylation sites (tertiary alicyclic amines) is 1. The molecule has 0 amide bonds. The zero-order chi connectivity index (χ0) is 20.6. The number of sulfonamides is 1. The Hall–Kier alpha value is -2.55. The van der Waals surface area contributed by atoms with Gasteiger partial charge in [0.05, 0.1) is 15.9 Å². The van der Waals surface area contributed by atoms with Crippen LogP contribution in [0.1, 0.15) is 30.0 Å². The molecule has 2 aromatic rings. The summed E-state index contributed by atoms with van der Waals surface area (Å²) in [5.74, 6) is 0. The number of benzene rings is 2. The van der Waals surface area contributed by atoms with Crippen molar-refractivity contribution in [1.29, 1.82) is 0 Å². The van der Waals surface area contributed by atoms with Gasteiger partial charge in [0.15, 0.2) is 0 Å². The van der Waals surface area contributed by atoms with Crippen LogP contribution in [-0.4, -0.2) is 48.7 Å². The average molecular weight is 413 g/mol. The van der Waals surface area contributed by atoms with Crippen molar-refractivity contribution in [2.45, 2.75) is 29.8 Å². The number of hydrogen-bond acceptors (Lipinski definition) is 5. The Kier molecular flexibility index (Phi) is 5.24. The molecule has 1 fully saturated rings. The third-order valence-corrected chi connectivity index (χ3v) is 7.64. The van der Waals surface area contributed by atoms with Gasteiger partial charge in [0.1, 0.15) is 0 Å². The fourth-order valence-electron chi connectivity index (χ4n) is 4.25. The van der Waals surface area contributed by atoms with Crippen molar-refractivity contribution in [2.75, 3.05) is 20.1 Å². The number of non-ortho nitro benzene ring substituents is 1. The lowest BCUT2D eigenvalue weighted by Crippen LogP contribution is -2.46. The topological polar surface area (TPSA) is 83.8 Å². The van der Waals surface area contributed by atoms with Crippen molar-refractivity contribution in [1.82, 2.24) is 9.21 Å². The zero-order valence-corrected chi connectivity index (χ0v) is 17.0. The van der Waals surface area contributed by atoms with Gasteiger partial charge in [-0.25, -0.2) is 8.42 Å². The van der Waals surface area contributed by atoms with E-state index >= 15 is 0 Å². The number of nitro benzene ring substituents is 1. The average Bonchev–Trinajstić information content (AvgIpc) is 3.27. The van der Waals surface area contributed by atoms with Gasteiger partial charge in [0, 0.05) is 25.2 Å². The molecule has 2 aromatic carbocycles. The van der Waals surface area contributed by atoms with E-state index in [4.69, 9.17) is 0 Å². The Morgan fingerprint density at radius 1 is 1.07 bits per heavy atom. The Morgan fingerprint density at radius 3 is 2.38 bits per heavy atom. The lowest BCUT2D eigenvalue weighted by Gasteiger charge is -2.40. The second kappa shape index (κ2) is 7.70. The second-order valence-corrected chi connectivity index (χ2v) is 9.44. The van der Waals surface area contributed by atoms with Crippen molar-refractivity contribution < 1.29 is 13.3 Å². The highest BCUT2D eigenvalue weighted by Gasteiger charge is 2.39. The fourth-order valence-corrected chi connectivity index (χ4v) is 5.60. The summed E-state index contributed by atoms with van der Waals surface area (Å²) in [6, 6.07) is 12.5. The van der Waals surface area contributed by atoms with E-state index in [1.807, 2.05) is 24.3 Å². The van der Waals surface area contributed by atoms with E-state index in [9.17, 15) is 18.5 Å². The minimum atomic E-state index is -3.84. The second-order valence-electron chi connectivity index (χ2n) is 7.44. The van der Waals surface area contributed by atoms with Crippen LogP contribution in [0.15, 0.2) is 59.5 Å². The van der Waals surface area contributed by atoms with Gasteiger partial charge in [-0.2, -0.15) is 4.31 Å². The van der Waals surface area contributed by atoms with Gasteiger partial charge in [0.2, 0.25) is 10.0 Å². The summed E-state index contributed by atoms with van der Waals surface area (Å²) in [5.41, 5.74) is 1.85. The van der Waals surface area contributed by atoms with Crippen molar-refractivity contribution in [3.8, 4) is 0 Å². The summed E-state index contributed by atoms with van der Waals surface area (Å²) in [4.78, 5) is 12.8. The van der Waals surface area contributed by atoms with Gasteiger partial charge in [-0.3, -0.25) is 15.0 Å². The smallest absolute Gasteiger partial charge is 0.269 e. The Labute approximate surface area is 170 Å². The van der Waals surface area contributed by atoms with Crippen molar-refractivity contribution in [3.05, 3.63) is 75.8 Å². The van der Waals surface area contributed by atoms with Gasteiger partial charge >= 0.3 is 0 Å². The molecule has 0 spiro atoms. The van der Waals surface area contributed by atoms with Crippen LogP contribution < -0.4 is 0 Å². The summed E-state index contributed by atoms with van der Waals surface area (Å²) < 4.78 is 28.2. The van der Waals surface area contributed by atoms with Crippen LogP contribution in [0.3, 0.4) is 0 Å². The van der Waals surface area contributed by atoms with Crippen LogP contribution in [0.5, 0.6) is 0 Å². The number of hydrogen-bond donors (Lipinski definition) is 0. The molecular formula is C21H23N3O4S. The van der Waals surface area contributed by atoms with Crippen LogP contribution in [0.2, 0.25) is 0 Å². The predicted octanol–water partition coefficient (Wildman–Crippen LogP) is 3.45. The summed E-state index contributed by atoms with van der Waals surface area (Å²) in [7, 11) is -2.24. The SMILES string of the molecule is CN([C@@H]1c2ccccc2C=C[C@H]1N1CCCC1)S(=O)(=O)c1ccc([N+](=O)[O-])cc1. The first-order valence-electron chi connectivity index (χ1n) is 9.63. The van der Waals surface area contributed by atoms with Gasteiger partial charge < -0.3 is 0 Å². The van der Waals surface area contributed by atoms with Crippen molar-refractivity contribution in [3.63, 3.8) is 0 Å². The van der Waals surface area contributed by atoms with E-state index in [1.54, 1.807) is 7.05 Å². The molecular weight excluding hydrogens is 390 g/mol. The highest BCUT2D eigenvalue weighted by molar-refractivity contribution is 7.89. The molecule has 1 heterocycles. The van der Waals surface area contributed by atoms with E-state index in [0.717, 1.165) is 37.1 Å². The molecule has 2 atom stereocenters. The standard InChI is InChI=1S/C21H23N3O4S/c1-22(29(27,28)18-11-9-17(10-12-18)24(25)26)21-19-7-3-2-6-16(19)8-13-20(21)23-14-4-5-15-23/h2-3,6-13,20-21H,4-5,14-15H2,1H3/t20-,21-/m1/s1. The third kappa shape index (κ3) is 3.59. The Balaban J connectivity index is 1.74. The first-order chi connectivity index (χ1) is 13.9. The highest BCUT2D eigenvalue weighted by atomic mass is 32.2. The fraction of sp³-hybridized carbons (Fsp3) is 0.333. The van der Waals surface area contributed by atoms with Gasteiger partial charge in [-0.1, -0.05) is 36.4 Å².